The van der Waals surface area contributed by atoms with Gasteiger partial charge in [0.2, 0.25) is 0 Å². The second-order valence-corrected chi connectivity index (χ2v) is 17.6. The number of nitrogens with zero attached hydrogens (tertiary/aromatic N) is 3. The topological polar surface area (TPSA) is 118 Å². The number of likely N-dealkylation sites (N-methyl/N-ethyl adjacent to an activating group) is 2. The summed E-state index contributed by atoms with van der Waals surface area (Å²) in [4.78, 5) is 33.1. The van der Waals surface area contributed by atoms with Crippen LogP contribution in [0.4, 0.5) is 10.5 Å². The zero-order valence-corrected chi connectivity index (χ0v) is 30.9. The molecule has 3 heterocycles. The summed E-state index contributed by atoms with van der Waals surface area (Å²) in [5.41, 5.74) is 1.83. The minimum atomic E-state index is -4.19. The van der Waals surface area contributed by atoms with Crippen molar-refractivity contribution in [3.05, 3.63) is 64.7 Å². The zero-order chi connectivity index (χ0) is 35.5. The number of aryl methyl sites for hydroxylation is 1. The van der Waals surface area contributed by atoms with E-state index in [1.165, 1.54) is 17.2 Å². The van der Waals surface area contributed by atoms with Gasteiger partial charge in [0.25, 0.3) is 15.9 Å². The van der Waals surface area contributed by atoms with Gasteiger partial charge in [0.15, 0.2) is 0 Å². The van der Waals surface area contributed by atoms with Crippen molar-refractivity contribution in [1.82, 2.24) is 14.5 Å². The first-order valence-electron chi connectivity index (χ1n) is 18.3. The molecular formula is C38H47ClN4O7S. The number of nitrogens with one attached hydrogen (secondary N) is 1. The smallest absolute Gasteiger partial charge is 0.410 e. The van der Waals surface area contributed by atoms with Crippen LogP contribution in [0.3, 0.4) is 0 Å². The summed E-state index contributed by atoms with van der Waals surface area (Å²) >= 11 is 6.46. The van der Waals surface area contributed by atoms with E-state index in [9.17, 15) is 18.0 Å². The van der Waals surface area contributed by atoms with Crippen LogP contribution in [0.25, 0.3) is 0 Å². The van der Waals surface area contributed by atoms with Gasteiger partial charge < -0.3 is 24.0 Å². The SMILES string of the molecule is CN(C(=O)O[C@H]1/C=C/CN(C)C2(CCC2)C(=O)NS(=O)(=O)c2ccc3c(c2)N(C[C@@H]2CC[C@H]21)C[C@@]1(CCCc2cc(Cl)ccc21)CO3)C1COC1. The number of carbonyl (C=O) groups is 2. The van der Waals surface area contributed by atoms with Crippen molar-refractivity contribution in [2.24, 2.45) is 11.8 Å². The quantitative estimate of drug-likeness (QED) is 0.430. The first-order chi connectivity index (χ1) is 24.5. The average Bonchev–Trinajstić information content (AvgIpc) is 3.17. The average molecular weight is 739 g/mol. The van der Waals surface area contributed by atoms with Crippen LogP contribution >= 0.6 is 11.6 Å². The minimum absolute atomic E-state index is 0.00324. The van der Waals surface area contributed by atoms with Gasteiger partial charge in [-0.25, -0.2) is 17.9 Å². The van der Waals surface area contributed by atoms with Gasteiger partial charge in [-0.3, -0.25) is 9.69 Å². The number of rotatable bonds is 2. The molecule has 1 saturated heterocycles. The van der Waals surface area contributed by atoms with E-state index in [1.54, 1.807) is 24.1 Å². The molecule has 1 N–H and O–H groups in total. The largest absolute Gasteiger partial charge is 0.490 e. The number of carbonyl (C=O) groups excluding carboxylic acids is 2. The number of halogens is 1. The predicted octanol–water partition coefficient (Wildman–Crippen LogP) is 4.90. The lowest BCUT2D eigenvalue weighted by Gasteiger charge is -2.47. The Morgan fingerprint density at radius 3 is 2.63 bits per heavy atom. The van der Waals surface area contributed by atoms with E-state index in [-0.39, 0.29) is 34.3 Å². The maximum atomic E-state index is 13.9. The maximum Gasteiger partial charge on any atom is 0.410 e. The van der Waals surface area contributed by atoms with E-state index in [2.05, 4.69) is 21.8 Å². The number of amides is 2. The first kappa shape index (κ1) is 34.7. The molecule has 2 amide bonds. The highest BCUT2D eigenvalue weighted by Gasteiger charge is 2.49. The number of ether oxygens (including phenoxy) is 3. The summed E-state index contributed by atoms with van der Waals surface area (Å²) in [6.07, 6.45) is 9.71. The van der Waals surface area contributed by atoms with Crippen molar-refractivity contribution in [3.63, 3.8) is 0 Å². The molecule has 2 bridgehead atoms. The molecule has 3 fully saturated rings. The fraction of sp³-hybridized carbons (Fsp3) is 0.579. The van der Waals surface area contributed by atoms with Crippen LogP contribution in [0, 0.1) is 11.8 Å². The van der Waals surface area contributed by atoms with Crippen molar-refractivity contribution in [3.8, 4) is 5.75 Å². The number of benzene rings is 2. The fourth-order valence-electron chi connectivity index (χ4n) is 8.96. The predicted molar refractivity (Wildman–Crippen MR) is 193 cm³/mol. The molecular weight excluding hydrogens is 692 g/mol. The van der Waals surface area contributed by atoms with Gasteiger partial charge in [-0.2, -0.15) is 0 Å². The first-order valence-corrected chi connectivity index (χ1v) is 20.1. The van der Waals surface area contributed by atoms with E-state index >= 15 is 0 Å². The van der Waals surface area contributed by atoms with Gasteiger partial charge in [-0.15, -0.1) is 0 Å². The Hall–Kier alpha value is -3.32. The molecule has 51 heavy (non-hydrogen) atoms. The van der Waals surface area contributed by atoms with Crippen LogP contribution in [0.5, 0.6) is 5.75 Å². The lowest BCUT2D eigenvalue weighted by molar-refractivity contribution is -0.136. The number of hydrogen-bond donors (Lipinski definition) is 1. The molecule has 4 atom stereocenters. The molecule has 0 radical (unpaired) electrons. The lowest BCUT2D eigenvalue weighted by Crippen LogP contribution is -2.62. The highest BCUT2D eigenvalue weighted by atomic mass is 35.5. The summed E-state index contributed by atoms with van der Waals surface area (Å²) in [6.45, 7) is 3.08. The summed E-state index contributed by atoms with van der Waals surface area (Å²) < 4.78 is 48.5. The van der Waals surface area contributed by atoms with Gasteiger partial charge >= 0.3 is 6.09 Å². The molecule has 0 unspecified atom stereocenters. The molecule has 2 aromatic rings. The molecule has 2 spiro atoms. The molecule has 2 saturated carbocycles. The van der Waals surface area contributed by atoms with Gasteiger partial charge in [0, 0.05) is 43.0 Å². The maximum absolute atomic E-state index is 13.9. The van der Waals surface area contributed by atoms with Crippen LogP contribution < -0.4 is 14.4 Å². The fourth-order valence-corrected chi connectivity index (χ4v) is 10.2. The molecule has 11 nitrogen and oxygen atoms in total. The summed E-state index contributed by atoms with van der Waals surface area (Å²) in [6, 6.07) is 11.1. The monoisotopic (exact) mass is 738 g/mol. The van der Waals surface area contributed by atoms with E-state index in [0.29, 0.717) is 68.8 Å². The van der Waals surface area contributed by atoms with Crippen LogP contribution in [0.2, 0.25) is 5.02 Å². The Kier molecular flexibility index (Phi) is 9.04. The van der Waals surface area contributed by atoms with E-state index < -0.39 is 27.6 Å². The van der Waals surface area contributed by atoms with Crippen molar-refractivity contribution in [2.75, 3.05) is 58.5 Å². The molecule has 13 heteroatoms. The Morgan fingerprint density at radius 1 is 1.10 bits per heavy atom. The number of hydrogen-bond acceptors (Lipinski definition) is 9. The third-order valence-electron chi connectivity index (χ3n) is 12.6. The van der Waals surface area contributed by atoms with Crippen molar-refractivity contribution < 1.29 is 32.2 Å². The Morgan fingerprint density at radius 2 is 1.92 bits per heavy atom. The standard InChI is InChI=1S/C38H47ClN4O7S/c1-41-17-4-7-33(50-36(45)42(2)28-21-48-22-28)30-11-8-26(30)20-43-23-37(14-3-6-25-18-27(39)9-12-31(25)37)24-49-34-13-10-29(19-32(34)43)51(46,47)40-35(44)38(41)15-5-16-38/h4,7,9-10,12-13,18-19,26,28,30,33H,3,5-6,8,11,14-17,20-24H2,1-2H3,(H,40,44)/b7-4+/t26-,30+,33-,37-/m0/s1. The highest BCUT2D eigenvalue weighted by molar-refractivity contribution is 7.90. The third kappa shape index (κ3) is 6.19. The second kappa shape index (κ2) is 13.3. The lowest BCUT2D eigenvalue weighted by atomic mass is 9.68. The molecule has 0 aromatic heterocycles. The normalized spacial score (nSPS) is 30.6. The van der Waals surface area contributed by atoms with Crippen LogP contribution in [-0.2, 0) is 36.1 Å². The van der Waals surface area contributed by atoms with Gasteiger partial charge in [-0.1, -0.05) is 23.7 Å². The molecule has 6 aliphatic rings. The van der Waals surface area contributed by atoms with Crippen molar-refractivity contribution in [2.45, 2.75) is 79.4 Å². The number of fused-ring (bicyclic) bond motifs is 4. The van der Waals surface area contributed by atoms with E-state index in [0.717, 1.165) is 38.5 Å². The van der Waals surface area contributed by atoms with Gasteiger partial charge in [0.05, 0.1) is 36.4 Å². The zero-order valence-electron chi connectivity index (χ0n) is 29.3. The van der Waals surface area contributed by atoms with Crippen molar-refractivity contribution >= 4 is 39.3 Å². The summed E-state index contributed by atoms with van der Waals surface area (Å²) in [5, 5.41) is 0.710. The Labute approximate surface area is 305 Å². The van der Waals surface area contributed by atoms with Crippen molar-refractivity contribution in [1.29, 1.82) is 0 Å². The van der Waals surface area contributed by atoms with E-state index in [1.807, 2.05) is 30.2 Å². The molecule has 274 valence electrons. The Bertz CT molecular complexity index is 1850. The van der Waals surface area contributed by atoms with Crippen LogP contribution in [0.1, 0.15) is 56.1 Å². The number of sulfonamides is 1. The summed E-state index contributed by atoms with van der Waals surface area (Å²) in [7, 11) is -0.580. The molecule has 3 aliphatic carbocycles. The summed E-state index contributed by atoms with van der Waals surface area (Å²) in [5.74, 6) is 0.313. The molecule has 2 aromatic carbocycles. The highest BCUT2D eigenvalue weighted by Crippen LogP contribution is 2.47. The minimum Gasteiger partial charge on any atom is -0.490 e. The van der Waals surface area contributed by atoms with Crippen LogP contribution in [0.15, 0.2) is 53.4 Å². The third-order valence-corrected chi connectivity index (χ3v) is 14.2. The molecule has 3 aliphatic heterocycles. The van der Waals surface area contributed by atoms with Gasteiger partial charge in [-0.05, 0) is 112 Å². The van der Waals surface area contributed by atoms with Gasteiger partial charge in [0.1, 0.15) is 17.4 Å². The Balaban J connectivity index is 1.19. The van der Waals surface area contributed by atoms with Crippen LogP contribution in [-0.4, -0.2) is 101 Å². The number of anilines is 1. The molecule has 8 rings (SSSR count). The van der Waals surface area contributed by atoms with E-state index in [4.69, 9.17) is 25.8 Å². The second-order valence-electron chi connectivity index (χ2n) is 15.5.